The van der Waals surface area contributed by atoms with Gasteiger partial charge in [0.1, 0.15) is 7.85 Å². The van der Waals surface area contributed by atoms with E-state index in [0.717, 1.165) is 23.5 Å². The van der Waals surface area contributed by atoms with Gasteiger partial charge in [0.25, 0.3) is 0 Å². The summed E-state index contributed by atoms with van der Waals surface area (Å²) >= 11 is 0. The zero-order chi connectivity index (χ0) is 27.2. The molecule has 1 aliphatic heterocycles. The van der Waals surface area contributed by atoms with Gasteiger partial charge in [-0.2, -0.15) is 0 Å². The third-order valence-electron chi connectivity index (χ3n) is 6.98. The fourth-order valence-electron chi connectivity index (χ4n) is 5.09. The number of nitrogens with one attached hydrogen (secondary N) is 1. The van der Waals surface area contributed by atoms with Gasteiger partial charge in [-0.15, -0.1) is 0 Å². The van der Waals surface area contributed by atoms with Gasteiger partial charge in [0.2, 0.25) is 0 Å². The van der Waals surface area contributed by atoms with Crippen LogP contribution in [-0.4, -0.2) is 20.6 Å². The van der Waals surface area contributed by atoms with Crippen LogP contribution in [0.5, 0.6) is 0 Å². The predicted molar refractivity (Wildman–Crippen MR) is 173 cm³/mol. The molecule has 2 nitrogen and oxygen atoms in total. The van der Waals surface area contributed by atoms with Gasteiger partial charge >= 0.3 is 0 Å². The van der Waals surface area contributed by atoms with Gasteiger partial charge in [-0.3, -0.25) is 4.99 Å². The Morgan fingerprint density at radius 3 is 2.21 bits per heavy atom. The van der Waals surface area contributed by atoms with Crippen LogP contribution in [0.3, 0.4) is 0 Å². The molecule has 3 heteroatoms. The maximum absolute atomic E-state index is 4.79. The zero-order valence-corrected chi connectivity index (χ0v) is 23.3. The molecule has 0 saturated carbocycles. The van der Waals surface area contributed by atoms with Crippen LogP contribution in [0, 0.1) is 6.92 Å². The Morgan fingerprint density at radius 2 is 1.49 bits per heavy atom. The minimum absolute atomic E-state index is 0.491. The summed E-state index contributed by atoms with van der Waals surface area (Å²) < 4.78 is 0. The third kappa shape index (κ3) is 6.04. The van der Waals surface area contributed by atoms with Crippen molar-refractivity contribution < 1.29 is 0 Å². The fraction of sp³-hybridized carbons (Fsp3) is 0.139. The van der Waals surface area contributed by atoms with Crippen LogP contribution in [0.4, 0.5) is 0 Å². The molecule has 1 aliphatic rings. The summed E-state index contributed by atoms with van der Waals surface area (Å²) in [5.41, 5.74) is 13.0. The van der Waals surface area contributed by atoms with Crippen LogP contribution < -0.4 is 5.32 Å². The molecular weight excluding hydrogens is 471 g/mol. The van der Waals surface area contributed by atoms with Crippen molar-refractivity contribution in [1.29, 1.82) is 0 Å². The van der Waals surface area contributed by atoms with E-state index in [9.17, 15) is 0 Å². The van der Waals surface area contributed by atoms with Gasteiger partial charge in [-0.1, -0.05) is 116 Å². The molecule has 0 aliphatic carbocycles. The van der Waals surface area contributed by atoms with Crippen LogP contribution in [0.1, 0.15) is 36.1 Å². The first-order valence-corrected chi connectivity index (χ1v) is 13.8. The van der Waals surface area contributed by atoms with Gasteiger partial charge in [0, 0.05) is 17.3 Å². The first-order chi connectivity index (χ1) is 19.0. The molecule has 1 heterocycles. The lowest BCUT2D eigenvalue weighted by Crippen LogP contribution is -2.20. The van der Waals surface area contributed by atoms with Gasteiger partial charge in [0.05, 0.1) is 17.9 Å². The van der Waals surface area contributed by atoms with E-state index < -0.39 is 0 Å². The van der Waals surface area contributed by atoms with Crippen molar-refractivity contribution in [2.75, 3.05) is 6.54 Å². The number of hydrogen-bond donors (Lipinski definition) is 1. The van der Waals surface area contributed by atoms with Crippen molar-refractivity contribution in [3.63, 3.8) is 0 Å². The Morgan fingerprint density at radius 1 is 0.821 bits per heavy atom. The monoisotopic (exact) mass is 506 g/mol. The molecule has 4 aromatic rings. The molecule has 4 aromatic carbocycles. The minimum Gasteiger partial charge on any atom is -0.378 e. The minimum atomic E-state index is 0.491. The molecule has 39 heavy (non-hydrogen) atoms. The van der Waals surface area contributed by atoms with Gasteiger partial charge in [0.15, 0.2) is 0 Å². The third-order valence-corrected chi connectivity index (χ3v) is 6.98. The maximum Gasteiger partial charge on any atom is 0.110 e. The van der Waals surface area contributed by atoms with Gasteiger partial charge in [-0.05, 0) is 64.9 Å². The van der Waals surface area contributed by atoms with Crippen LogP contribution in [0.2, 0.25) is 5.82 Å². The molecule has 5 rings (SSSR count). The maximum atomic E-state index is 4.79. The second-order valence-corrected chi connectivity index (χ2v) is 10.3. The highest BCUT2D eigenvalue weighted by atomic mass is 15.0. The van der Waals surface area contributed by atoms with E-state index >= 15 is 0 Å². The molecule has 1 N–H and O–H groups in total. The number of hydrogen-bond acceptors (Lipinski definition) is 2. The normalized spacial score (nSPS) is 14.5. The Hall–Kier alpha value is -4.37. The van der Waals surface area contributed by atoms with Crippen molar-refractivity contribution >= 4 is 31.0 Å². The van der Waals surface area contributed by atoms with Crippen LogP contribution >= 0.6 is 0 Å². The lowest BCUT2D eigenvalue weighted by atomic mass is 9.86. The highest BCUT2D eigenvalue weighted by Gasteiger charge is 2.15. The number of benzene rings is 4. The smallest absolute Gasteiger partial charge is 0.110 e. The average Bonchev–Trinajstić information content (AvgIpc) is 2.97. The highest BCUT2D eigenvalue weighted by molar-refractivity contribution is 6.13. The molecule has 0 fully saturated rings. The van der Waals surface area contributed by atoms with E-state index in [1.165, 1.54) is 44.5 Å². The molecule has 0 saturated heterocycles. The average molecular weight is 507 g/mol. The van der Waals surface area contributed by atoms with Crippen molar-refractivity contribution in [3.05, 3.63) is 138 Å². The summed E-state index contributed by atoms with van der Waals surface area (Å²) in [6.45, 7) is 7.18. The quantitative estimate of drug-likeness (QED) is 0.198. The van der Waals surface area contributed by atoms with Crippen LogP contribution in [-0.2, 0) is 0 Å². The van der Waals surface area contributed by atoms with E-state index in [1.54, 1.807) is 0 Å². The molecule has 0 spiro atoms. The standard InChI is InChI=1S/C36H35BN2/c1-4-9-29(22-26(3)37)31-12-8-14-33(24-31)32-13-7-11-30(23-32)27-16-18-28(19-17-27)35-36(39-21-20-38-35)34-15-6-5-10-25(34)2/h4-20,22-24,26,39H,21,37H2,1-3H3/b9-4-,29-22+. The molecule has 1 unspecified atom stereocenters. The number of aryl methyl sites for hydroxylation is 1. The molecular formula is C36H35BN2. The fourth-order valence-corrected chi connectivity index (χ4v) is 5.09. The van der Waals surface area contributed by atoms with E-state index in [0.29, 0.717) is 5.82 Å². The molecule has 0 aromatic heterocycles. The molecule has 192 valence electrons. The van der Waals surface area contributed by atoms with E-state index in [2.05, 4.69) is 149 Å². The van der Waals surface area contributed by atoms with Crippen molar-refractivity contribution in [3.8, 4) is 22.3 Å². The first-order valence-electron chi connectivity index (χ1n) is 13.8. The second-order valence-electron chi connectivity index (χ2n) is 10.3. The molecule has 1 atom stereocenters. The van der Waals surface area contributed by atoms with E-state index in [1.807, 2.05) is 6.21 Å². The summed E-state index contributed by atoms with van der Waals surface area (Å²) in [6.07, 6.45) is 8.58. The summed E-state index contributed by atoms with van der Waals surface area (Å²) in [7, 11) is 2.22. The highest BCUT2D eigenvalue weighted by Crippen LogP contribution is 2.32. The van der Waals surface area contributed by atoms with Crippen molar-refractivity contribution in [2.45, 2.75) is 26.6 Å². The zero-order valence-electron chi connectivity index (χ0n) is 23.3. The topological polar surface area (TPSA) is 24.4 Å². The second kappa shape index (κ2) is 12.0. The number of nitrogens with zero attached hydrogens (tertiary/aromatic N) is 1. The summed E-state index contributed by atoms with van der Waals surface area (Å²) in [4.78, 5) is 4.79. The Bertz CT molecular complexity index is 1590. The lowest BCUT2D eigenvalue weighted by molar-refractivity contribution is 1.03. The SMILES string of the molecule is BC(C)/C=C(\C=C/C)c1cccc(-c2cccc(-c3ccc(C4=C(c5ccccc5C)NCC=N4)cc3)c2)c1. The predicted octanol–water partition coefficient (Wildman–Crippen LogP) is 8.23. The summed E-state index contributed by atoms with van der Waals surface area (Å²) in [6, 6.07) is 34.9. The van der Waals surface area contributed by atoms with Crippen molar-refractivity contribution in [1.82, 2.24) is 5.32 Å². The lowest BCUT2D eigenvalue weighted by Gasteiger charge is -2.19. The van der Waals surface area contributed by atoms with Gasteiger partial charge < -0.3 is 5.32 Å². The van der Waals surface area contributed by atoms with Gasteiger partial charge in [-0.25, -0.2) is 0 Å². The molecule has 0 bridgehead atoms. The number of rotatable bonds is 7. The first kappa shape index (κ1) is 26.3. The van der Waals surface area contributed by atoms with Crippen LogP contribution in [0.25, 0.3) is 39.2 Å². The molecule has 0 amide bonds. The summed E-state index contributed by atoms with van der Waals surface area (Å²) in [5, 5.41) is 3.55. The Labute approximate surface area is 234 Å². The number of aliphatic imine (C=N–C) groups is 1. The largest absolute Gasteiger partial charge is 0.378 e. The Kier molecular flexibility index (Phi) is 8.08. The van der Waals surface area contributed by atoms with Crippen LogP contribution in [0.15, 0.2) is 120 Å². The Balaban J connectivity index is 1.46. The van der Waals surface area contributed by atoms with E-state index in [4.69, 9.17) is 4.99 Å². The number of allylic oxidation sites excluding steroid dienone is 4. The van der Waals surface area contributed by atoms with E-state index in [-0.39, 0.29) is 0 Å². The van der Waals surface area contributed by atoms with Crippen molar-refractivity contribution in [2.24, 2.45) is 4.99 Å². The molecule has 0 radical (unpaired) electrons. The summed E-state index contributed by atoms with van der Waals surface area (Å²) in [5.74, 6) is 0.491.